The Morgan fingerprint density at radius 3 is 2.09 bits per heavy atom. The predicted molar refractivity (Wildman–Crippen MR) is 95.8 cm³/mol. The SMILES string of the molecule is CCN(CCOc1ccc([N+](C)(C)C)cc1)c1ccccc1. The Balaban J connectivity index is 1.88. The van der Waals surface area contributed by atoms with Crippen molar-refractivity contribution in [1.29, 1.82) is 0 Å². The van der Waals surface area contributed by atoms with Gasteiger partial charge in [-0.05, 0) is 31.2 Å². The summed E-state index contributed by atoms with van der Waals surface area (Å²) in [4.78, 5) is 2.32. The van der Waals surface area contributed by atoms with Crippen molar-refractivity contribution in [2.24, 2.45) is 0 Å². The molecule has 0 saturated heterocycles. The first-order chi connectivity index (χ1) is 10.5. The topological polar surface area (TPSA) is 12.5 Å². The molecule has 0 aliphatic carbocycles. The van der Waals surface area contributed by atoms with E-state index in [0.29, 0.717) is 6.61 Å². The number of benzene rings is 2. The molecule has 2 aromatic rings. The van der Waals surface area contributed by atoms with Crippen LogP contribution in [0.3, 0.4) is 0 Å². The summed E-state index contributed by atoms with van der Waals surface area (Å²) in [5.74, 6) is 0.932. The maximum atomic E-state index is 5.88. The van der Waals surface area contributed by atoms with Crippen molar-refractivity contribution in [2.45, 2.75) is 6.92 Å². The minimum absolute atomic E-state index is 0.687. The average Bonchev–Trinajstić information content (AvgIpc) is 2.52. The summed E-state index contributed by atoms with van der Waals surface area (Å²) >= 11 is 0. The van der Waals surface area contributed by atoms with Crippen LogP contribution in [0.25, 0.3) is 0 Å². The molecule has 0 atom stereocenters. The highest BCUT2D eigenvalue weighted by Crippen LogP contribution is 2.21. The Labute approximate surface area is 134 Å². The summed E-state index contributed by atoms with van der Waals surface area (Å²) in [6.45, 7) is 4.72. The molecule has 2 rings (SSSR count). The van der Waals surface area contributed by atoms with Crippen LogP contribution in [0.1, 0.15) is 6.92 Å². The molecule has 0 aliphatic rings. The zero-order valence-electron chi connectivity index (χ0n) is 14.1. The fourth-order valence-corrected chi connectivity index (χ4v) is 2.37. The van der Waals surface area contributed by atoms with Gasteiger partial charge in [-0.15, -0.1) is 0 Å². The maximum absolute atomic E-state index is 5.88. The molecule has 0 saturated carbocycles. The van der Waals surface area contributed by atoms with Gasteiger partial charge in [-0.1, -0.05) is 18.2 Å². The van der Waals surface area contributed by atoms with E-state index in [1.165, 1.54) is 11.4 Å². The molecule has 0 fully saturated rings. The molecule has 0 radical (unpaired) electrons. The molecule has 0 N–H and O–H groups in total. The number of nitrogens with zero attached hydrogens (tertiary/aromatic N) is 2. The van der Waals surface area contributed by atoms with Crippen molar-refractivity contribution < 1.29 is 4.74 Å². The second kappa shape index (κ2) is 7.32. The third kappa shape index (κ3) is 4.50. The molecule has 0 aromatic heterocycles. The van der Waals surface area contributed by atoms with Gasteiger partial charge in [0.15, 0.2) is 0 Å². The number of rotatable bonds is 7. The van der Waals surface area contributed by atoms with Crippen molar-refractivity contribution in [1.82, 2.24) is 4.48 Å². The minimum atomic E-state index is 0.687. The number of ether oxygens (including phenoxy) is 1. The molecule has 3 nitrogen and oxygen atoms in total. The molecule has 3 heteroatoms. The van der Waals surface area contributed by atoms with Gasteiger partial charge in [0.05, 0.1) is 27.7 Å². The third-order valence-electron chi connectivity index (χ3n) is 3.74. The van der Waals surface area contributed by atoms with Gasteiger partial charge in [0.1, 0.15) is 18.0 Å². The van der Waals surface area contributed by atoms with E-state index in [9.17, 15) is 0 Å². The lowest BCUT2D eigenvalue weighted by molar-refractivity contribution is 0.324. The van der Waals surface area contributed by atoms with E-state index in [1.54, 1.807) is 0 Å². The van der Waals surface area contributed by atoms with Crippen molar-refractivity contribution in [3.8, 4) is 5.75 Å². The average molecular weight is 299 g/mol. The predicted octanol–water partition coefficient (Wildman–Crippen LogP) is 3.79. The fraction of sp³-hybridized carbons (Fsp3) is 0.368. The third-order valence-corrected chi connectivity index (χ3v) is 3.74. The van der Waals surface area contributed by atoms with Gasteiger partial charge in [0.2, 0.25) is 0 Å². The van der Waals surface area contributed by atoms with Crippen LogP contribution in [0, 0.1) is 0 Å². The van der Waals surface area contributed by atoms with Crippen LogP contribution in [0.2, 0.25) is 0 Å². The molecule has 0 spiro atoms. The van der Waals surface area contributed by atoms with E-state index >= 15 is 0 Å². The van der Waals surface area contributed by atoms with Crippen LogP contribution in [0.5, 0.6) is 5.75 Å². The van der Waals surface area contributed by atoms with Gasteiger partial charge in [-0.25, -0.2) is 0 Å². The quantitative estimate of drug-likeness (QED) is 0.721. The minimum Gasteiger partial charge on any atom is -0.492 e. The zero-order chi connectivity index (χ0) is 16.0. The monoisotopic (exact) mass is 299 g/mol. The highest BCUT2D eigenvalue weighted by molar-refractivity contribution is 5.46. The van der Waals surface area contributed by atoms with Crippen molar-refractivity contribution in [3.05, 3.63) is 54.6 Å². The maximum Gasteiger partial charge on any atom is 0.132 e. The smallest absolute Gasteiger partial charge is 0.132 e. The molecule has 0 bridgehead atoms. The lowest BCUT2D eigenvalue weighted by Crippen LogP contribution is -2.34. The normalized spacial score (nSPS) is 11.3. The summed E-state index contributed by atoms with van der Waals surface area (Å²) < 4.78 is 6.70. The van der Waals surface area contributed by atoms with E-state index < -0.39 is 0 Å². The first-order valence-electron chi connectivity index (χ1n) is 7.85. The summed E-state index contributed by atoms with van der Waals surface area (Å²) in [5.41, 5.74) is 2.51. The number of para-hydroxylation sites is 1. The Kier molecular flexibility index (Phi) is 5.45. The molecule has 22 heavy (non-hydrogen) atoms. The number of likely N-dealkylation sites (N-methyl/N-ethyl adjacent to an activating group) is 1. The van der Waals surface area contributed by atoms with Crippen LogP contribution < -0.4 is 14.1 Å². The molecule has 0 aliphatic heterocycles. The van der Waals surface area contributed by atoms with Gasteiger partial charge < -0.3 is 9.64 Å². The Bertz CT molecular complexity index is 558. The molecular weight excluding hydrogens is 272 g/mol. The van der Waals surface area contributed by atoms with E-state index in [1.807, 2.05) is 6.07 Å². The van der Waals surface area contributed by atoms with Crippen LogP contribution in [0.15, 0.2) is 54.6 Å². The fourth-order valence-electron chi connectivity index (χ4n) is 2.37. The molecule has 0 amide bonds. The second-order valence-electron chi connectivity index (χ2n) is 6.27. The van der Waals surface area contributed by atoms with Gasteiger partial charge in [-0.3, -0.25) is 4.48 Å². The van der Waals surface area contributed by atoms with E-state index in [2.05, 4.69) is 81.5 Å². The first-order valence-corrected chi connectivity index (χ1v) is 7.85. The lowest BCUT2D eigenvalue weighted by Gasteiger charge is -2.24. The number of hydrogen-bond donors (Lipinski definition) is 0. The summed E-state index contributed by atoms with van der Waals surface area (Å²) in [6, 6.07) is 18.8. The van der Waals surface area contributed by atoms with Crippen LogP contribution >= 0.6 is 0 Å². The zero-order valence-corrected chi connectivity index (χ0v) is 14.1. The standard InChI is InChI=1S/C19H27N2O/c1-5-20(17-9-7-6-8-10-17)15-16-22-19-13-11-18(12-14-19)21(2,3)4/h6-14H,5,15-16H2,1-4H3/q+1. The second-order valence-corrected chi connectivity index (χ2v) is 6.27. The van der Waals surface area contributed by atoms with E-state index in [4.69, 9.17) is 4.74 Å². The highest BCUT2D eigenvalue weighted by atomic mass is 16.5. The molecular formula is C19H27N2O+. The number of anilines is 1. The molecule has 118 valence electrons. The summed E-state index contributed by atoms with van der Waals surface area (Å²) in [5, 5.41) is 0. The van der Waals surface area contributed by atoms with Gasteiger partial charge in [0.25, 0.3) is 0 Å². The molecule has 0 heterocycles. The molecule has 0 unspecified atom stereocenters. The van der Waals surface area contributed by atoms with Gasteiger partial charge in [-0.2, -0.15) is 0 Å². The van der Waals surface area contributed by atoms with Crippen molar-refractivity contribution in [3.63, 3.8) is 0 Å². The number of quaternary nitrogens is 1. The van der Waals surface area contributed by atoms with Gasteiger partial charge >= 0.3 is 0 Å². The van der Waals surface area contributed by atoms with Gasteiger partial charge in [0, 0.05) is 24.4 Å². The van der Waals surface area contributed by atoms with Crippen LogP contribution in [-0.2, 0) is 0 Å². The van der Waals surface area contributed by atoms with E-state index in [-0.39, 0.29) is 0 Å². The first kappa shape index (κ1) is 16.4. The molecule has 2 aromatic carbocycles. The summed E-state index contributed by atoms with van der Waals surface area (Å²) in [7, 11) is 6.48. The summed E-state index contributed by atoms with van der Waals surface area (Å²) in [6.07, 6.45) is 0. The Hall–Kier alpha value is -2.00. The van der Waals surface area contributed by atoms with E-state index in [0.717, 1.165) is 23.3 Å². The van der Waals surface area contributed by atoms with Crippen molar-refractivity contribution >= 4 is 11.4 Å². The van der Waals surface area contributed by atoms with Crippen LogP contribution in [0.4, 0.5) is 11.4 Å². The number of hydrogen-bond acceptors (Lipinski definition) is 2. The largest absolute Gasteiger partial charge is 0.492 e. The van der Waals surface area contributed by atoms with Crippen LogP contribution in [-0.4, -0.2) is 40.8 Å². The highest BCUT2D eigenvalue weighted by Gasteiger charge is 2.11. The van der Waals surface area contributed by atoms with Crippen molar-refractivity contribution in [2.75, 3.05) is 45.7 Å². The Morgan fingerprint density at radius 2 is 1.55 bits per heavy atom. The lowest BCUT2D eigenvalue weighted by atomic mass is 10.2. The Morgan fingerprint density at radius 1 is 0.909 bits per heavy atom.